The second kappa shape index (κ2) is 16.7. The second-order valence-electron chi connectivity index (χ2n) is 23.5. The van der Waals surface area contributed by atoms with E-state index in [1.165, 1.54) is 136 Å². The second-order valence-corrected chi connectivity index (χ2v) is 23.5. The van der Waals surface area contributed by atoms with E-state index >= 15 is 0 Å². The van der Waals surface area contributed by atoms with Crippen LogP contribution in [-0.4, -0.2) is 21.0 Å². The van der Waals surface area contributed by atoms with Crippen molar-refractivity contribution >= 4 is 66.1 Å². The van der Waals surface area contributed by atoms with Crippen LogP contribution in [0.5, 0.6) is 0 Å². The van der Waals surface area contributed by atoms with E-state index in [0.717, 1.165) is 37.3 Å². The molecule has 9 aromatic carbocycles. The Balaban J connectivity index is 0.914. The molecule has 4 atom stereocenters. The van der Waals surface area contributed by atoms with Crippen LogP contribution in [-0.2, 0) is 10.8 Å². The quantitative estimate of drug-likeness (QED) is 0.155. The number of hydrogen-bond donors (Lipinski definition) is 0. The van der Waals surface area contributed by atoms with Gasteiger partial charge in [0.2, 0.25) is 0 Å². The lowest BCUT2D eigenvalue weighted by Gasteiger charge is -2.50. The van der Waals surface area contributed by atoms with Gasteiger partial charge in [-0.15, -0.1) is 0 Å². The highest BCUT2D eigenvalue weighted by Crippen LogP contribution is 2.63. The number of pyridine rings is 2. The van der Waals surface area contributed by atoms with E-state index in [4.69, 9.17) is 9.97 Å². The highest BCUT2D eigenvalue weighted by Gasteiger charge is 2.59. The fourth-order valence-corrected chi connectivity index (χ4v) is 15.5. The predicted molar refractivity (Wildman–Crippen MR) is 319 cm³/mol. The average Bonchev–Trinajstić information content (AvgIpc) is 3.89. The minimum atomic E-state index is -0.112. The van der Waals surface area contributed by atoms with Gasteiger partial charge in [-0.2, -0.15) is 0 Å². The zero-order chi connectivity index (χ0) is 51.0. The van der Waals surface area contributed by atoms with Crippen molar-refractivity contribution < 1.29 is 0 Å². The molecule has 2 fully saturated rings. The highest BCUT2D eigenvalue weighted by molar-refractivity contribution is 6.22. The molecular weight excluding hydrogens is 921 g/mol. The van der Waals surface area contributed by atoms with Crippen LogP contribution in [0.15, 0.2) is 207 Å². The third kappa shape index (κ3) is 6.30. The van der Waals surface area contributed by atoms with Crippen LogP contribution < -0.4 is 9.80 Å². The van der Waals surface area contributed by atoms with Crippen LogP contribution in [0.4, 0.5) is 23.0 Å². The zero-order valence-electron chi connectivity index (χ0n) is 44.1. The molecule has 370 valence electrons. The minimum Gasteiger partial charge on any atom is -0.319 e. The Bertz CT molecular complexity index is 3880. The summed E-state index contributed by atoms with van der Waals surface area (Å²) in [7, 11) is 0. The van der Waals surface area contributed by atoms with E-state index in [-0.39, 0.29) is 21.9 Å². The first-order valence-corrected chi connectivity index (χ1v) is 27.9. The van der Waals surface area contributed by atoms with Crippen LogP contribution in [0.2, 0.25) is 0 Å². The van der Waals surface area contributed by atoms with Crippen LogP contribution in [0, 0.1) is 0 Å². The van der Waals surface area contributed by atoms with Crippen molar-refractivity contribution in [3.05, 3.63) is 218 Å². The molecule has 0 radical (unpaired) electrons. The summed E-state index contributed by atoms with van der Waals surface area (Å²) in [5.74, 6) is 2.14. The molecule has 4 heteroatoms. The monoisotopic (exact) mass is 982 g/mol. The number of fused-ring (bicyclic) bond motifs is 10. The van der Waals surface area contributed by atoms with Gasteiger partial charge in [-0.05, 0) is 176 Å². The average molecular weight is 983 g/mol. The van der Waals surface area contributed by atoms with Crippen molar-refractivity contribution in [2.75, 3.05) is 9.80 Å². The van der Waals surface area contributed by atoms with Crippen molar-refractivity contribution in [1.29, 1.82) is 0 Å². The highest BCUT2D eigenvalue weighted by atomic mass is 15.3. The number of rotatable bonds is 6. The van der Waals surface area contributed by atoms with E-state index in [9.17, 15) is 0 Å². The molecule has 2 aliphatic carbocycles. The number of anilines is 4. The van der Waals surface area contributed by atoms with Gasteiger partial charge in [0.15, 0.2) is 0 Å². The summed E-state index contributed by atoms with van der Waals surface area (Å²) in [5.41, 5.74) is 15.1. The molecule has 15 rings (SSSR count). The molecule has 4 nitrogen and oxygen atoms in total. The Labute approximate surface area is 446 Å². The van der Waals surface area contributed by atoms with Crippen molar-refractivity contribution in [2.45, 2.75) is 101 Å². The molecule has 4 aliphatic rings. The molecule has 4 unspecified atom stereocenters. The Hall–Kier alpha value is -8.08. The van der Waals surface area contributed by atoms with Gasteiger partial charge in [-0.1, -0.05) is 185 Å². The van der Waals surface area contributed by atoms with E-state index in [1.54, 1.807) is 0 Å². The molecule has 0 spiro atoms. The SMILES string of the molecule is CC12CCCCC1(C)N(c1nccc3ccccc13)c1ccc(-c3ccc4c(-c5ccccc5)c5cc(-c6ccc7c(c6)C6(C)CCCCC6(C)N7c6nccc7ccccc67)ccc5c(-c5ccccc5)c4c3)cc12. The maximum atomic E-state index is 5.17. The first-order valence-electron chi connectivity index (χ1n) is 27.9. The molecule has 76 heavy (non-hydrogen) atoms. The fourth-order valence-electron chi connectivity index (χ4n) is 15.5. The normalized spacial score (nSPS) is 22.7. The lowest BCUT2D eigenvalue weighted by Crippen LogP contribution is -2.54. The van der Waals surface area contributed by atoms with E-state index in [1.807, 2.05) is 12.4 Å². The first-order chi connectivity index (χ1) is 37.2. The molecule has 2 saturated carbocycles. The minimum absolute atomic E-state index is 0.0460. The van der Waals surface area contributed by atoms with Crippen LogP contribution >= 0.6 is 0 Å². The summed E-state index contributed by atoms with van der Waals surface area (Å²) in [6, 6.07) is 73.3. The molecule has 11 aromatic rings. The summed E-state index contributed by atoms with van der Waals surface area (Å²) >= 11 is 0. The Morgan fingerprint density at radius 2 is 0.711 bits per heavy atom. The van der Waals surface area contributed by atoms with Gasteiger partial charge in [-0.25, -0.2) is 9.97 Å². The van der Waals surface area contributed by atoms with Crippen LogP contribution in [0.25, 0.3) is 87.6 Å². The van der Waals surface area contributed by atoms with Gasteiger partial charge < -0.3 is 9.80 Å². The Morgan fingerprint density at radius 1 is 0.329 bits per heavy atom. The zero-order valence-corrected chi connectivity index (χ0v) is 44.1. The van der Waals surface area contributed by atoms with Gasteiger partial charge in [0, 0.05) is 45.4 Å². The molecule has 0 saturated heterocycles. The van der Waals surface area contributed by atoms with Crippen LogP contribution in [0.3, 0.4) is 0 Å². The Morgan fingerprint density at radius 3 is 1.16 bits per heavy atom. The van der Waals surface area contributed by atoms with E-state index in [2.05, 4.69) is 232 Å². The van der Waals surface area contributed by atoms with E-state index in [0.29, 0.717) is 0 Å². The molecule has 0 amide bonds. The molecule has 4 heterocycles. The largest absolute Gasteiger partial charge is 0.319 e. The summed E-state index contributed by atoms with van der Waals surface area (Å²) < 4.78 is 0. The van der Waals surface area contributed by atoms with Crippen molar-refractivity contribution in [3.8, 4) is 44.5 Å². The third-order valence-corrected chi connectivity index (χ3v) is 19.8. The molecule has 2 aliphatic heterocycles. The van der Waals surface area contributed by atoms with Crippen molar-refractivity contribution in [2.24, 2.45) is 0 Å². The maximum Gasteiger partial charge on any atom is 0.141 e. The van der Waals surface area contributed by atoms with Gasteiger partial charge in [0.25, 0.3) is 0 Å². The number of benzene rings is 9. The topological polar surface area (TPSA) is 32.3 Å². The number of aromatic nitrogens is 2. The van der Waals surface area contributed by atoms with E-state index < -0.39 is 0 Å². The molecule has 0 N–H and O–H groups in total. The molecular formula is C72H62N4. The van der Waals surface area contributed by atoms with Gasteiger partial charge in [0.05, 0.1) is 11.1 Å². The fraction of sp³-hybridized carbons (Fsp3) is 0.222. The number of hydrogen-bond acceptors (Lipinski definition) is 4. The lowest BCUT2D eigenvalue weighted by atomic mass is 9.61. The summed E-state index contributed by atoms with van der Waals surface area (Å²) in [6.07, 6.45) is 13.4. The van der Waals surface area contributed by atoms with Crippen molar-refractivity contribution in [3.63, 3.8) is 0 Å². The Kier molecular flexibility index (Phi) is 9.97. The van der Waals surface area contributed by atoms with Gasteiger partial charge in [0.1, 0.15) is 11.6 Å². The van der Waals surface area contributed by atoms with Gasteiger partial charge in [-0.3, -0.25) is 0 Å². The van der Waals surface area contributed by atoms with Gasteiger partial charge >= 0.3 is 0 Å². The summed E-state index contributed by atoms with van der Waals surface area (Å²) in [4.78, 5) is 15.6. The van der Waals surface area contributed by atoms with Crippen molar-refractivity contribution in [1.82, 2.24) is 9.97 Å². The number of nitrogens with zero attached hydrogens (tertiary/aromatic N) is 4. The molecule has 2 aromatic heterocycles. The predicted octanol–water partition coefficient (Wildman–Crippen LogP) is 19.2. The smallest absolute Gasteiger partial charge is 0.141 e. The lowest BCUT2D eigenvalue weighted by molar-refractivity contribution is 0.194. The standard InChI is InChI=1S/C72H62N4/c1-69-37-15-17-39-71(69,3)75(67-55-25-13-11-19-47(55)35-41-73-67)63-33-29-53(45-61(63)69)51-27-31-57-59(43-51)65(49-21-7-5-8-22-49)58-32-28-52(44-60(58)66(57)50-23-9-6-10-24-50)54-30-34-64-62(46-54)70(2)38-16-18-40-72(70,4)76(64)68-56-26-14-12-20-48(56)36-42-74-68/h5-14,19-36,41-46H,15-18,37-40H2,1-4H3. The summed E-state index contributed by atoms with van der Waals surface area (Å²) in [5, 5.41) is 9.94. The van der Waals surface area contributed by atoms with Crippen LogP contribution in [0.1, 0.15) is 90.2 Å². The maximum absolute atomic E-state index is 5.17. The first kappa shape index (κ1) is 45.3. The third-order valence-electron chi connectivity index (χ3n) is 19.8. The molecule has 0 bridgehead atoms. The summed E-state index contributed by atoms with van der Waals surface area (Å²) in [6.45, 7) is 10.1.